The first-order chi connectivity index (χ1) is 13.9. The predicted octanol–water partition coefficient (Wildman–Crippen LogP) is 5.66. The van der Waals surface area contributed by atoms with Gasteiger partial charge in [-0.2, -0.15) is 26.3 Å². The summed E-state index contributed by atoms with van der Waals surface area (Å²) in [6.45, 7) is 0.361. The van der Waals surface area contributed by atoms with Gasteiger partial charge in [-0.25, -0.2) is 4.79 Å². The van der Waals surface area contributed by atoms with Crippen LogP contribution in [0.15, 0.2) is 18.2 Å². The first-order valence-corrected chi connectivity index (χ1v) is 9.94. The van der Waals surface area contributed by atoms with Gasteiger partial charge < -0.3 is 15.3 Å². The quantitative estimate of drug-likeness (QED) is 0.598. The van der Waals surface area contributed by atoms with Gasteiger partial charge >= 0.3 is 18.4 Å². The monoisotopic (exact) mass is 438 g/mol. The lowest BCUT2D eigenvalue weighted by Crippen LogP contribution is -2.48. The third kappa shape index (κ3) is 5.59. The molecular formula is C20H24F6N2O2. The highest BCUT2D eigenvalue weighted by Gasteiger charge is 2.38. The Morgan fingerprint density at radius 1 is 1.00 bits per heavy atom. The standard InChI is InChI=1S/C20H24F6N2O2/c21-19(22,23)14-9-15(20(24,25)26)11-16(10-14)27-17(29)28-7-5-18(30,6-8-28)12-13-3-1-2-4-13/h9-11,13,30H,1-8,12H2,(H,27,29). The summed E-state index contributed by atoms with van der Waals surface area (Å²) >= 11 is 0. The maximum Gasteiger partial charge on any atom is 0.416 e. The lowest BCUT2D eigenvalue weighted by molar-refractivity contribution is -0.143. The molecule has 10 heteroatoms. The summed E-state index contributed by atoms with van der Waals surface area (Å²) in [5.41, 5.74) is -4.44. The molecular weight excluding hydrogens is 414 g/mol. The van der Waals surface area contributed by atoms with E-state index in [1.807, 2.05) is 0 Å². The zero-order valence-corrected chi connectivity index (χ0v) is 16.2. The molecule has 1 saturated heterocycles. The molecule has 1 aromatic rings. The molecule has 0 unspecified atom stereocenters. The molecule has 1 saturated carbocycles. The number of amides is 2. The highest BCUT2D eigenvalue weighted by Crippen LogP contribution is 2.38. The Bertz CT molecular complexity index is 731. The SMILES string of the molecule is O=C(Nc1cc(C(F)(F)F)cc(C(F)(F)F)c1)N1CCC(O)(CC2CCCC2)CC1. The smallest absolute Gasteiger partial charge is 0.390 e. The minimum absolute atomic E-state index is 0.0136. The van der Waals surface area contributed by atoms with Crippen molar-refractivity contribution >= 4 is 11.7 Å². The van der Waals surface area contributed by atoms with E-state index < -0.39 is 40.8 Å². The van der Waals surface area contributed by atoms with Crippen LogP contribution in [0, 0.1) is 5.92 Å². The number of hydrogen-bond acceptors (Lipinski definition) is 2. The molecule has 1 aliphatic heterocycles. The third-order valence-corrected chi connectivity index (χ3v) is 5.96. The van der Waals surface area contributed by atoms with Crippen LogP contribution in [-0.4, -0.2) is 34.7 Å². The van der Waals surface area contributed by atoms with Crippen LogP contribution in [0.1, 0.15) is 56.1 Å². The summed E-state index contributed by atoms with van der Waals surface area (Å²) in [4.78, 5) is 13.7. The van der Waals surface area contributed by atoms with E-state index in [9.17, 15) is 36.2 Å². The lowest BCUT2D eigenvalue weighted by atomic mass is 9.82. The maximum absolute atomic E-state index is 13.0. The summed E-state index contributed by atoms with van der Waals surface area (Å²) in [5, 5.41) is 12.9. The van der Waals surface area contributed by atoms with Crippen LogP contribution in [0.5, 0.6) is 0 Å². The van der Waals surface area contributed by atoms with E-state index in [2.05, 4.69) is 5.32 Å². The van der Waals surface area contributed by atoms with Crippen molar-refractivity contribution in [1.82, 2.24) is 4.90 Å². The maximum atomic E-state index is 13.0. The van der Waals surface area contributed by atoms with Crippen LogP contribution in [0.4, 0.5) is 36.8 Å². The number of anilines is 1. The Morgan fingerprint density at radius 2 is 1.50 bits per heavy atom. The molecule has 0 atom stereocenters. The van der Waals surface area contributed by atoms with E-state index in [-0.39, 0.29) is 19.2 Å². The van der Waals surface area contributed by atoms with Crippen molar-refractivity contribution < 1.29 is 36.2 Å². The Hall–Kier alpha value is -1.97. The van der Waals surface area contributed by atoms with E-state index >= 15 is 0 Å². The molecule has 2 amide bonds. The number of carbonyl (C=O) groups excluding carboxylic acids is 1. The van der Waals surface area contributed by atoms with Crippen LogP contribution >= 0.6 is 0 Å². The molecule has 2 fully saturated rings. The van der Waals surface area contributed by atoms with Crippen molar-refractivity contribution in [2.75, 3.05) is 18.4 Å². The minimum atomic E-state index is -4.98. The molecule has 0 spiro atoms. The molecule has 0 radical (unpaired) electrons. The molecule has 1 heterocycles. The second-order valence-corrected chi connectivity index (χ2v) is 8.29. The number of nitrogens with one attached hydrogen (secondary N) is 1. The molecule has 2 N–H and O–H groups in total. The molecule has 30 heavy (non-hydrogen) atoms. The van der Waals surface area contributed by atoms with Crippen molar-refractivity contribution in [2.24, 2.45) is 5.92 Å². The molecule has 0 aromatic heterocycles. The molecule has 4 nitrogen and oxygen atoms in total. The topological polar surface area (TPSA) is 52.6 Å². The van der Waals surface area contributed by atoms with Gasteiger partial charge in [0.2, 0.25) is 0 Å². The van der Waals surface area contributed by atoms with Gasteiger partial charge in [0, 0.05) is 18.8 Å². The van der Waals surface area contributed by atoms with Crippen molar-refractivity contribution in [3.05, 3.63) is 29.3 Å². The van der Waals surface area contributed by atoms with Gasteiger partial charge in [-0.3, -0.25) is 0 Å². The number of alkyl halides is 6. The normalized spacial score (nSPS) is 20.4. The van der Waals surface area contributed by atoms with Gasteiger partial charge in [-0.1, -0.05) is 25.7 Å². The Kier molecular flexibility index (Phi) is 6.27. The van der Waals surface area contributed by atoms with Crippen LogP contribution in [0.25, 0.3) is 0 Å². The number of urea groups is 1. The van der Waals surface area contributed by atoms with Gasteiger partial charge in [0.15, 0.2) is 0 Å². The summed E-state index contributed by atoms with van der Waals surface area (Å²) in [7, 11) is 0. The summed E-state index contributed by atoms with van der Waals surface area (Å²) < 4.78 is 77.8. The predicted molar refractivity (Wildman–Crippen MR) is 97.8 cm³/mol. The molecule has 168 valence electrons. The van der Waals surface area contributed by atoms with Crippen LogP contribution in [0.2, 0.25) is 0 Å². The number of likely N-dealkylation sites (tertiary alicyclic amines) is 1. The van der Waals surface area contributed by atoms with E-state index in [1.165, 1.54) is 4.90 Å². The molecule has 1 aliphatic carbocycles. The number of piperidine rings is 1. The second-order valence-electron chi connectivity index (χ2n) is 8.29. The van der Waals surface area contributed by atoms with Crippen LogP contribution in [-0.2, 0) is 12.4 Å². The van der Waals surface area contributed by atoms with Gasteiger partial charge in [0.1, 0.15) is 0 Å². The fourth-order valence-electron chi connectivity index (χ4n) is 4.31. The van der Waals surface area contributed by atoms with Crippen molar-refractivity contribution in [3.63, 3.8) is 0 Å². The number of nitrogens with zero attached hydrogens (tertiary/aromatic N) is 1. The minimum Gasteiger partial charge on any atom is -0.390 e. The van der Waals surface area contributed by atoms with Gasteiger partial charge in [-0.15, -0.1) is 0 Å². The lowest BCUT2D eigenvalue weighted by Gasteiger charge is -2.39. The van der Waals surface area contributed by atoms with Crippen LogP contribution < -0.4 is 5.32 Å². The van der Waals surface area contributed by atoms with Crippen molar-refractivity contribution in [3.8, 4) is 0 Å². The fraction of sp³-hybridized carbons (Fsp3) is 0.650. The summed E-state index contributed by atoms with van der Waals surface area (Å²) in [5.74, 6) is 0.460. The van der Waals surface area contributed by atoms with E-state index in [4.69, 9.17) is 0 Å². The van der Waals surface area contributed by atoms with E-state index in [0.29, 0.717) is 37.3 Å². The Morgan fingerprint density at radius 3 is 1.97 bits per heavy atom. The van der Waals surface area contributed by atoms with Gasteiger partial charge in [0.05, 0.1) is 16.7 Å². The molecule has 0 bridgehead atoms. The average molecular weight is 438 g/mol. The second kappa shape index (κ2) is 8.28. The first-order valence-electron chi connectivity index (χ1n) is 9.94. The molecule has 2 aliphatic rings. The highest BCUT2D eigenvalue weighted by atomic mass is 19.4. The zero-order chi connectivity index (χ0) is 22.2. The number of halogens is 6. The van der Waals surface area contributed by atoms with Gasteiger partial charge in [0.25, 0.3) is 0 Å². The Balaban J connectivity index is 1.66. The number of hydrogen-bond donors (Lipinski definition) is 2. The largest absolute Gasteiger partial charge is 0.416 e. The molecule has 1 aromatic carbocycles. The van der Waals surface area contributed by atoms with Crippen molar-refractivity contribution in [1.29, 1.82) is 0 Å². The first kappa shape index (κ1) is 22.7. The number of rotatable bonds is 3. The summed E-state index contributed by atoms with van der Waals surface area (Å²) in [6, 6.07) is 0.186. The summed E-state index contributed by atoms with van der Waals surface area (Å²) in [6.07, 6.45) is -4.22. The van der Waals surface area contributed by atoms with E-state index in [0.717, 1.165) is 25.7 Å². The zero-order valence-electron chi connectivity index (χ0n) is 16.2. The van der Waals surface area contributed by atoms with Crippen LogP contribution in [0.3, 0.4) is 0 Å². The molecule has 3 rings (SSSR count). The fourth-order valence-corrected chi connectivity index (χ4v) is 4.31. The average Bonchev–Trinajstić information content (AvgIpc) is 3.13. The number of benzene rings is 1. The number of aliphatic hydroxyl groups is 1. The highest BCUT2D eigenvalue weighted by molar-refractivity contribution is 5.89. The van der Waals surface area contributed by atoms with Gasteiger partial charge in [-0.05, 0) is 43.4 Å². The number of carbonyl (C=O) groups is 1. The Labute approximate surface area is 170 Å². The van der Waals surface area contributed by atoms with E-state index in [1.54, 1.807) is 0 Å². The van der Waals surface area contributed by atoms with Crippen molar-refractivity contribution in [2.45, 2.75) is 62.9 Å². The third-order valence-electron chi connectivity index (χ3n) is 5.96.